The Balaban J connectivity index is 1.94. The molecule has 0 radical (unpaired) electrons. The van der Waals surface area contributed by atoms with Crippen molar-refractivity contribution in [1.82, 2.24) is 14.7 Å². The number of aromatic nitrogens is 2. The lowest BCUT2D eigenvalue weighted by atomic mass is 10.0. The van der Waals surface area contributed by atoms with Crippen LogP contribution in [0.15, 0.2) is 65.8 Å². The van der Waals surface area contributed by atoms with E-state index in [2.05, 4.69) is 14.7 Å². The Bertz CT molecular complexity index is 1020. The molecule has 8 heteroatoms. The molecule has 3 aromatic rings. The molecule has 0 bridgehead atoms. The van der Waals surface area contributed by atoms with Crippen LogP contribution < -0.4 is 10.5 Å². The van der Waals surface area contributed by atoms with Gasteiger partial charge in [0.15, 0.2) is 0 Å². The second kappa shape index (κ2) is 7.83. The van der Waals surface area contributed by atoms with Crippen molar-refractivity contribution < 1.29 is 13.5 Å². The Morgan fingerprint density at radius 2 is 1.59 bits per heavy atom. The lowest BCUT2D eigenvalue weighted by Crippen LogP contribution is -2.30. The third kappa shape index (κ3) is 4.48. The van der Waals surface area contributed by atoms with E-state index in [1.807, 2.05) is 24.3 Å². The molecule has 0 saturated carbocycles. The number of hydrogen-bond donors (Lipinski definition) is 3. The Kier molecular flexibility index (Phi) is 5.50. The number of nitrogens with two attached hydrogens (primary N) is 1. The van der Waals surface area contributed by atoms with Gasteiger partial charge >= 0.3 is 0 Å². The average Bonchev–Trinajstić information content (AvgIpc) is 2.67. The smallest absolute Gasteiger partial charge is 0.241 e. The van der Waals surface area contributed by atoms with Crippen LogP contribution in [0.2, 0.25) is 0 Å². The van der Waals surface area contributed by atoms with Crippen LogP contribution in [-0.4, -0.2) is 36.1 Å². The monoisotopic (exact) mass is 384 g/mol. The zero-order valence-corrected chi connectivity index (χ0v) is 15.5. The van der Waals surface area contributed by atoms with Crippen molar-refractivity contribution in [2.75, 3.05) is 12.3 Å². The third-order valence-electron chi connectivity index (χ3n) is 3.95. The minimum atomic E-state index is -3.75. The molecule has 2 aromatic carbocycles. The Morgan fingerprint density at radius 3 is 2.22 bits per heavy atom. The second-order valence-electron chi connectivity index (χ2n) is 6.10. The number of rotatable bonds is 6. The number of hydrogen-bond acceptors (Lipinski definition) is 6. The normalized spacial score (nSPS) is 12.7. The molecule has 4 N–H and O–H groups in total. The van der Waals surface area contributed by atoms with Crippen molar-refractivity contribution >= 4 is 16.0 Å². The van der Waals surface area contributed by atoms with Gasteiger partial charge in [-0.15, -0.1) is 0 Å². The summed E-state index contributed by atoms with van der Waals surface area (Å²) in [5, 5.41) is 9.36. The predicted octanol–water partition coefficient (Wildman–Crippen LogP) is 2.05. The van der Waals surface area contributed by atoms with Gasteiger partial charge in [-0.25, -0.2) is 23.1 Å². The summed E-state index contributed by atoms with van der Waals surface area (Å²) in [6, 6.07) is 14.2. The van der Waals surface area contributed by atoms with E-state index in [1.54, 1.807) is 36.7 Å². The number of nitrogens with zero attached hydrogens (tertiary/aromatic N) is 2. The maximum absolute atomic E-state index is 12.6. The number of aliphatic hydroxyl groups excluding tert-OH is 1. The van der Waals surface area contributed by atoms with E-state index in [9.17, 15) is 13.5 Å². The second-order valence-corrected chi connectivity index (χ2v) is 7.84. The summed E-state index contributed by atoms with van der Waals surface area (Å²) < 4.78 is 27.6. The average molecular weight is 384 g/mol. The molecule has 7 nitrogen and oxygen atoms in total. The molecule has 1 heterocycles. The first-order valence-corrected chi connectivity index (χ1v) is 9.80. The minimum Gasteiger partial charge on any atom is -0.392 e. The van der Waals surface area contributed by atoms with Gasteiger partial charge in [-0.1, -0.05) is 42.5 Å². The molecule has 3 rings (SSSR count). The quantitative estimate of drug-likeness (QED) is 0.599. The summed E-state index contributed by atoms with van der Waals surface area (Å²) in [5.41, 5.74) is 8.55. The van der Waals surface area contributed by atoms with Crippen molar-refractivity contribution in [2.45, 2.75) is 17.9 Å². The lowest BCUT2D eigenvalue weighted by molar-refractivity contribution is 0.198. The highest BCUT2D eigenvalue weighted by atomic mass is 32.2. The van der Waals surface area contributed by atoms with Gasteiger partial charge in [0.05, 0.1) is 11.0 Å². The van der Waals surface area contributed by atoms with Gasteiger partial charge < -0.3 is 10.8 Å². The van der Waals surface area contributed by atoms with Gasteiger partial charge in [-0.3, -0.25) is 0 Å². The summed E-state index contributed by atoms with van der Waals surface area (Å²) >= 11 is 0. The van der Waals surface area contributed by atoms with Crippen LogP contribution in [0.1, 0.15) is 6.92 Å². The Labute approximate surface area is 158 Å². The highest BCUT2D eigenvalue weighted by Crippen LogP contribution is 2.29. The SMILES string of the molecule is C[C@@H](O)CNS(=O)(=O)c1ccccc1-c1ccc(-c2cnc(N)nc2)cc1. The van der Waals surface area contributed by atoms with Crippen LogP contribution in [0, 0.1) is 0 Å². The molecule has 140 valence electrons. The van der Waals surface area contributed by atoms with Crippen LogP contribution >= 0.6 is 0 Å². The molecule has 0 saturated heterocycles. The number of aliphatic hydroxyl groups is 1. The topological polar surface area (TPSA) is 118 Å². The number of nitrogens with one attached hydrogen (secondary N) is 1. The molecule has 0 unspecified atom stereocenters. The van der Waals surface area contributed by atoms with Gasteiger partial charge in [0.25, 0.3) is 0 Å². The summed E-state index contributed by atoms with van der Waals surface area (Å²) in [4.78, 5) is 8.11. The molecule has 1 aromatic heterocycles. The minimum absolute atomic E-state index is 0.0489. The first kappa shape index (κ1) is 19.0. The molecule has 0 spiro atoms. The fourth-order valence-corrected chi connectivity index (χ4v) is 3.93. The molecule has 0 aliphatic carbocycles. The van der Waals surface area contributed by atoms with E-state index in [-0.39, 0.29) is 17.4 Å². The Hall–Kier alpha value is -2.81. The number of nitrogen functional groups attached to an aromatic ring is 1. The van der Waals surface area contributed by atoms with Crippen molar-refractivity contribution in [2.24, 2.45) is 0 Å². The van der Waals surface area contributed by atoms with Crippen LogP contribution in [0.3, 0.4) is 0 Å². The van der Waals surface area contributed by atoms with Gasteiger partial charge in [-0.05, 0) is 24.1 Å². The molecule has 27 heavy (non-hydrogen) atoms. The highest BCUT2D eigenvalue weighted by Gasteiger charge is 2.19. The van der Waals surface area contributed by atoms with Crippen LogP contribution in [0.5, 0.6) is 0 Å². The number of anilines is 1. The highest BCUT2D eigenvalue weighted by molar-refractivity contribution is 7.89. The first-order chi connectivity index (χ1) is 12.9. The fraction of sp³-hybridized carbons (Fsp3) is 0.158. The predicted molar refractivity (Wildman–Crippen MR) is 104 cm³/mol. The summed E-state index contributed by atoms with van der Waals surface area (Å²) in [6.45, 7) is 1.47. The largest absolute Gasteiger partial charge is 0.392 e. The molecule has 0 amide bonds. The van der Waals surface area contributed by atoms with E-state index in [1.165, 1.54) is 6.92 Å². The molecule has 0 fully saturated rings. The Morgan fingerprint density at radius 1 is 1.00 bits per heavy atom. The summed E-state index contributed by atoms with van der Waals surface area (Å²) in [7, 11) is -3.75. The van der Waals surface area contributed by atoms with Crippen LogP contribution in [0.4, 0.5) is 5.95 Å². The standard InChI is InChI=1S/C19H20N4O3S/c1-13(24)10-23-27(25,26)18-5-3-2-4-17(18)15-8-6-14(7-9-15)16-11-21-19(20)22-12-16/h2-9,11-13,23-24H,10H2,1H3,(H2,20,21,22)/t13-/m1/s1. The van der Waals surface area contributed by atoms with Crippen molar-refractivity contribution in [1.29, 1.82) is 0 Å². The molecular formula is C19H20N4O3S. The van der Waals surface area contributed by atoms with Crippen molar-refractivity contribution in [3.05, 3.63) is 60.9 Å². The zero-order chi connectivity index (χ0) is 19.4. The maximum atomic E-state index is 12.6. The van der Waals surface area contributed by atoms with Crippen LogP contribution in [0.25, 0.3) is 22.3 Å². The summed E-state index contributed by atoms with van der Waals surface area (Å²) in [5.74, 6) is 0.208. The molecule has 0 aliphatic heterocycles. The van der Waals surface area contributed by atoms with Crippen molar-refractivity contribution in [3.8, 4) is 22.3 Å². The molecule has 1 atom stereocenters. The van der Waals surface area contributed by atoms with E-state index in [0.29, 0.717) is 5.56 Å². The third-order valence-corrected chi connectivity index (χ3v) is 5.43. The lowest BCUT2D eigenvalue weighted by Gasteiger charge is -2.13. The zero-order valence-electron chi connectivity index (χ0n) is 14.7. The van der Waals surface area contributed by atoms with Gasteiger partial charge in [0.2, 0.25) is 16.0 Å². The molecular weight excluding hydrogens is 364 g/mol. The van der Waals surface area contributed by atoms with E-state index < -0.39 is 16.1 Å². The first-order valence-electron chi connectivity index (χ1n) is 8.32. The van der Waals surface area contributed by atoms with Crippen LogP contribution in [-0.2, 0) is 10.0 Å². The van der Waals surface area contributed by atoms with E-state index in [0.717, 1.165) is 16.7 Å². The number of benzene rings is 2. The summed E-state index contributed by atoms with van der Waals surface area (Å²) in [6.07, 6.45) is 2.50. The van der Waals surface area contributed by atoms with E-state index >= 15 is 0 Å². The number of sulfonamides is 1. The fourth-order valence-electron chi connectivity index (χ4n) is 2.58. The maximum Gasteiger partial charge on any atom is 0.241 e. The van der Waals surface area contributed by atoms with E-state index in [4.69, 9.17) is 5.73 Å². The van der Waals surface area contributed by atoms with Gasteiger partial charge in [0.1, 0.15) is 0 Å². The van der Waals surface area contributed by atoms with Gasteiger partial charge in [0, 0.05) is 30.1 Å². The van der Waals surface area contributed by atoms with Crippen molar-refractivity contribution in [3.63, 3.8) is 0 Å². The molecule has 0 aliphatic rings. The van der Waals surface area contributed by atoms with Gasteiger partial charge in [-0.2, -0.15) is 0 Å².